The van der Waals surface area contributed by atoms with Crippen LogP contribution >= 0.6 is 0 Å². The van der Waals surface area contributed by atoms with Gasteiger partial charge in [-0.15, -0.1) is 0 Å². The van der Waals surface area contributed by atoms with E-state index in [1.165, 1.54) is 4.68 Å². The number of likely N-dealkylation sites (tertiary alicyclic amines) is 1. The third-order valence-electron chi connectivity index (χ3n) is 4.51. The second kappa shape index (κ2) is 6.43. The van der Waals surface area contributed by atoms with Gasteiger partial charge in [0.2, 0.25) is 11.8 Å². The van der Waals surface area contributed by atoms with Gasteiger partial charge in [0, 0.05) is 18.5 Å². The molecular formula is C17H20N4O3. The number of nitrogens with zero attached hydrogens (tertiary/aromatic N) is 3. The molecule has 1 aromatic carbocycles. The third-order valence-corrected chi connectivity index (χ3v) is 4.51. The predicted molar refractivity (Wildman–Crippen MR) is 89.2 cm³/mol. The fraction of sp³-hybridized carbons (Fsp3) is 0.412. The molecule has 1 unspecified atom stereocenters. The first kappa shape index (κ1) is 16.2. The summed E-state index contributed by atoms with van der Waals surface area (Å²) in [7, 11) is 0. The smallest absolute Gasteiger partial charge is 0.275 e. The summed E-state index contributed by atoms with van der Waals surface area (Å²) in [5, 5.41) is 5.59. The minimum atomic E-state index is -0.385. The molecule has 1 saturated heterocycles. The molecule has 0 radical (unpaired) electrons. The van der Waals surface area contributed by atoms with Crippen molar-refractivity contribution in [2.45, 2.75) is 26.3 Å². The van der Waals surface area contributed by atoms with Gasteiger partial charge in [-0.3, -0.25) is 14.4 Å². The summed E-state index contributed by atoms with van der Waals surface area (Å²) in [4.78, 5) is 38.0. The molecule has 0 bridgehead atoms. The lowest BCUT2D eigenvalue weighted by Crippen LogP contribution is -2.46. The van der Waals surface area contributed by atoms with Gasteiger partial charge in [0.15, 0.2) is 0 Å². The lowest BCUT2D eigenvalue weighted by atomic mass is 9.97. The molecule has 1 fully saturated rings. The number of nitrogens with two attached hydrogens (primary N) is 1. The Morgan fingerprint density at radius 3 is 2.71 bits per heavy atom. The highest BCUT2D eigenvalue weighted by Crippen LogP contribution is 2.16. The summed E-state index contributed by atoms with van der Waals surface area (Å²) in [6, 6.07) is 7.21. The van der Waals surface area contributed by atoms with Crippen molar-refractivity contribution in [3.05, 3.63) is 40.3 Å². The Balaban J connectivity index is 1.84. The van der Waals surface area contributed by atoms with Gasteiger partial charge in [-0.25, -0.2) is 4.68 Å². The lowest BCUT2D eigenvalue weighted by molar-refractivity contribution is -0.135. The number of primary amides is 1. The number of rotatable bonds is 3. The van der Waals surface area contributed by atoms with Crippen LogP contribution in [0.5, 0.6) is 0 Å². The van der Waals surface area contributed by atoms with Crippen molar-refractivity contribution >= 4 is 22.6 Å². The van der Waals surface area contributed by atoms with E-state index in [1.54, 1.807) is 17.0 Å². The number of hydrogen-bond acceptors (Lipinski definition) is 4. The Hall–Kier alpha value is -2.70. The van der Waals surface area contributed by atoms with Crippen LogP contribution < -0.4 is 11.3 Å². The minimum Gasteiger partial charge on any atom is -0.369 e. The van der Waals surface area contributed by atoms with Gasteiger partial charge >= 0.3 is 0 Å². The first-order valence-electron chi connectivity index (χ1n) is 8.01. The molecule has 2 N–H and O–H groups in total. The highest BCUT2D eigenvalue weighted by Gasteiger charge is 2.27. The van der Waals surface area contributed by atoms with Crippen molar-refractivity contribution in [1.29, 1.82) is 0 Å². The molecule has 1 aliphatic rings. The van der Waals surface area contributed by atoms with Crippen molar-refractivity contribution in [1.82, 2.24) is 14.7 Å². The van der Waals surface area contributed by atoms with Crippen LogP contribution in [0.4, 0.5) is 0 Å². The van der Waals surface area contributed by atoms with Crippen molar-refractivity contribution in [3.63, 3.8) is 0 Å². The van der Waals surface area contributed by atoms with Gasteiger partial charge in [-0.1, -0.05) is 18.2 Å². The van der Waals surface area contributed by atoms with Crippen LogP contribution in [-0.4, -0.2) is 39.6 Å². The number of carbonyl (C=O) groups excluding carboxylic acids is 2. The molecule has 2 heterocycles. The van der Waals surface area contributed by atoms with Crippen LogP contribution in [0.25, 0.3) is 10.8 Å². The summed E-state index contributed by atoms with van der Waals surface area (Å²) >= 11 is 0. The largest absolute Gasteiger partial charge is 0.369 e. The van der Waals surface area contributed by atoms with Crippen molar-refractivity contribution in [2.75, 3.05) is 13.1 Å². The van der Waals surface area contributed by atoms with Gasteiger partial charge in [-0.2, -0.15) is 5.10 Å². The van der Waals surface area contributed by atoms with E-state index in [1.807, 2.05) is 19.1 Å². The monoisotopic (exact) mass is 328 g/mol. The maximum Gasteiger partial charge on any atom is 0.275 e. The van der Waals surface area contributed by atoms with Crippen LogP contribution in [0.1, 0.15) is 18.5 Å². The number of amides is 2. The average Bonchev–Trinajstić information content (AvgIpc) is 2.59. The maximum absolute atomic E-state index is 12.5. The highest BCUT2D eigenvalue weighted by atomic mass is 16.2. The van der Waals surface area contributed by atoms with E-state index in [0.717, 1.165) is 11.8 Å². The Bertz CT molecular complexity index is 859. The number of hydrogen-bond donors (Lipinski definition) is 1. The van der Waals surface area contributed by atoms with Gasteiger partial charge < -0.3 is 10.6 Å². The summed E-state index contributed by atoms with van der Waals surface area (Å²) in [5.41, 5.74) is 5.76. The average molecular weight is 328 g/mol. The zero-order valence-corrected chi connectivity index (χ0v) is 13.6. The minimum absolute atomic E-state index is 0.129. The number of piperidine rings is 1. The van der Waals surface area contributed by atoms with Crippen LogP contribution in [0.15, 0.2) is 29.1 Å². The third kappa shape index (κ3) is 3.02. The molecule has 1 aliphatic heterocycles. The fourth-order valence-corrected chi connectivity index (χ4v) is 3.18. The van der Waals surface area contributed by atoms with Crippen LogP contribution in [-0.2, 0) is 16.1 Å². The number of fused-ring (bicyclic) bond motifs is 1. The molecule has 0 aliphatic carbocycles. The Morgan fingerprint density at radius 1 is 1.29 bits per heavy atom. The van der Waals surface area contributed by atoms with E-state index in [-0.39, 0.29) is 29.8 Å². The summed E-state index contributed by atoms with van der Waals surface area (Å²) in [6.45, 7) is 2.57. The van der Waals surface area contributed by atoms with Gasteiger partial charge in [0.1, 0.15) is 6.54 Å². The van der Waals surface area contributed by atoms with Crippen molar-refractivity contribution < 1.29 is 9.59 Å². The number of aryl methyl sites for hydroxylation is 1. The first-order chi connectivity index (χ1) is 11.5. The van der Waals surface area contributed by atoms with E-state index in [4.69, 9.17) is 5.73 Å². The number of aromatic nitrogens is 2. The highest BCUT2D eigenvalue weighted by molar-refractivity contribution is 5.84. The molecule has 2 aromatic rings. The molecule has 3 rings (SSSR count). The fourth-order valence-electron chi connectivity index (χ4n) is 3.18. The zero-order chi connectivity index (χ0) is 17.3. The van der Waals surface area contributed by atoms with Gasteiger partial charge in [0.05, 0.1) is 17.0 Å². The van der Waals surface area contributed by atoms with Crippen LogP contribution in [0, 0.1) is 12.8 Å². The SMILES string of the molecule is Cc1nn(CC(=O)N2CCCC(C(N)=O)C2)c(=O)c2ccccc12. The molecular weight excluding hydrogens is 308 g/mol. The predicted octanol–water partition coefficient (Wildman–Crippen LogP) is 0.429. The number of carbonyl (C=O) groups is 2. The normalized spacial score (nSPS) is 17.9. The molecule has 2 amide bonds. The molecule has 7 nitrogen and oxygen atoms in total. The van der Waals surface area contributed by atoms with Crippen LogP contribution in [0.3, 0.4) is 0 Å². The topological polar surface area (TPSA) is 98.3 Å². The van der Waals surface area contributed by atoms with E-state index < -0.39 is 0 Å². The van der Waals surface area contributed by atoms with E-state index >= 15 is 0 Å². The quantitative estimate of drug-likeness (QED) is 0.883. The first-order valence-corrected chi connectivity index (χ1v) is 8.01. The van der Waals surface area contributed by atoms with Gasteiger partial charge in [0.25, 0.3) is 5.56 Å². The molecule has 1 aromatic heterocycles. The molecule has 7 heteroatoms. The van der Waals surface area contributed by atoms with E-state index in [9.17, 15) is 14.4 Å². The second-order valence-corrected chi connectivity index (χ2v) is 6.18. The van der Waals surface area contributed by atoms with Crippen molar-refractivity contribution in [2.24, 2.45) is 11.7 Å². The van der Waals surface area contributed by atoms with Gasteiger partial charge in [-0.05, 0) is 25.8 Å². The summed E-state index contributed by atoms with van der Waals surface area (Å²) in [6.07, 6.45) is 1.44. The lowest BCUT2D eigenvalue weighted by Gasteiger charge is -2.31. The molecule has 24 heavy (non-hydrogen) atoms. The van der Waals surface area contributed by atoms with Crippen molar-refractivity contribution in [3.8, 4) is 0 Å². The molecule has 1 atom stereocenters. The maximum atomic E-state index is 12.5. The Morgan fingerprint density at radius 2 is 2.00 bits per heavy atom. The second-order valence-electron chi connectivity index (χ2n) is 6.18. The Labute approximate surface area is 139 Å². The molecule has 0 spiro atoms. The molecule has 126 valence electrons. The zero-order valence-electron chi connectivity index (χ0n) is 13.6. The molecule has 0 saturated carbocycles. The summed E-state index contributed by atoms with van der Waals surface area (Å²) < 4.78 is 1.20. The van der Waals surface area contributed by atoms with E-state index in [2.05, 4.69) is 5.10 Å². The standard InChI is InChI=1S/C17H20N4O3/c1-11-13-6-2-3-7-14(13)17(24)21(19-11)10-15(22)20-8-4-5-12(9-20)16(18)23/h2-3,6-7,12H,4-5,8-10H2,1H3,(H2,18,23). The van der Waals surface area contributed by atoms with Crippen LogP contribution in [0.2, 0.25) is 0 Å². The van der Waals surface area contributed by atoms with E-state index in [0.29, 0.717) is 30.6 Å². The Kier molecular flexibility index (Phi) is 4.33. The summed E-state index contributed by atoms with van der Waals surface area (Å²) in [5.74, 6) is -0.916. The number of benzene rings is 1.